The third-order valence-corrected chi connectivity index (χ3v) is 4.73. The van der Waals surface area contributed by atoms with Gasteiger partial charge in [-0.25, -0.2) is 0 Å². The lowest BCUT2D eigenvalue weighted by atomic mass is 9.96. The van der Waals surface area contributed by atoms with Gasteiger partial charge in [-0.05, 0) is 37.5 Å². The molecule has 0 aliphatic carbocycles. The molecule has 1 aliphatic rings. The Bertz CT molecular complexity index is 936. The van der Waals surface area contributed by atoms with Crippen molar-refractivity contribution in [2.24, 2.45) is 0 Å². The van der Waals surface area contributed by atoms with Crippen LogP contribution in [0, 0.1) is 6.92 Å². The number of amides is 1. The summed E-state index contributed by atoms with van der Waals surface area (Å²) in [6.07, 6.45) is 3.51. The second kappa shape index (κ2) is 6.16. The summed E-state index contributed by atoms with van der Waals surface area (Å²) in [6, 6.07) is 7.78. The summed E-state index contributed by atoms with van der Waals surface area (Å²) in [5.74, 6) is 0.509. The van der Waals surface area contributed by atoms with Crippen LogP contribution in [0.4, 0.5) is 6.01 Å². The molecule has 4 rings (SSSR count). The first kappa shape index (κ1) is 15.6. The number of pyridine rings is 1. The number of piperidine rings is 1. The van der Waals surface area contributed by atoms with E-state index in [1.54, 1.807) is 6.20 Å². The van der Waals surface area contributed by atoms with Gasteiger partial charge in [0.05, 0.1) is 17.0 Å². The van der Waals surface area contributed by atoms with Crippen LogP contribution in [0.3, 0.4) is 0 Å². The lowest BCUT2D eigenvalue weighted by molar-refractivity contribution is 0.0700. The fraction of sp³-hybridized carbons (Fsp3) is 0.333. The normalized spacial score (nSPS) is 17.8. The number of likely N-dealkylation sites (tertiary alicyclic amines) is 1. The minimum absolute atomic E-state index is 0.0131. The van der Waals surface area contributed by atoms with Crippen molar-refractivity contribution in [1.82, 2.24) is 20.1 Å². The number of rotatable bonds is 2. The van der Waals surface area contributed by atoms with E-state index >= 15 is 0 Å². The molecule has 0 spiro atoms. The number of hydrogen-bond acceptors (Lipinski definition) is 6. The van der Waals surface area contributed by atoms with E-state index < -0.39 is 0 Å². The Hall–Kier alpha value is -2.96. The van der Waals surface area contributed by atoms with E-state index in [9.17, 15) is 4.79 Å². The van der Waals surface area contributed by atoms with Crippen LogP contribution in [0.5, 0.6) is 0 Å². The highest BCUT2D eigenvalue weighted by atomic mass is 16.4. The van der Waals surface area contributed by atoms with Crippen LogP contribution >= 0.6 is 0 Å². The van der Waals surface area contributed by atoms with Gasteiger partial charge in [0.25, 0.3) is 5.91 Å². The zero-order chi connectivity index (χ0) is 17.4. The molecular weight excluding hydrogens is 318 g/mol. The Morgan fingerprint density at radius 3 is 3.00 bits per heavy atom. The van der Waals surface area contributed by atoms with Crippen molar-refractivity contribution in [2.45, 2.75) is 25.7 Å². The molecule has 0 saturated carbocycles. The van der Waals surface area contributed by atoms with E-state index in [1.807, 2.05) is 36.1 Å². The van der Waals surface area contributed by atoms with Gasteiger partial charge < -0.3 is 15.1 Å². The maximum atomic E-state index is 13.1. The maximum absolute atomic E-state index is 13.1. The predicted octanol–water partition coefficient (Wildman–Crippen LogP) is 2.53. The van der Waals surface area contributed by atoms with Crippen molar-refractivity contribution >= 4 is 22.8 Å². The van der Waals surface area contributed by atoms with Crippen LogP contribution in [0.2, 0.25) is 0 Å². The largest absolute Gasteiger partial charge is 0.408 e. The van der Waals surface area contributed by atoms with E-state index in [0.29, 0.717) is 24.5 Å². The molecule has 128 valence electrons. The number of nitrogens with zero attached hydrogens (tertiary/aromatic N) is 4. The zero-order valence-electron chi connectivity index (χ0n) is 14.0. The summed E-state index contributed by atoms with van der Waals surface area (Å²) in [7, 11) is 0. The van der Waals surface area contributed by atoms with Gasteiger partial charge in [-0.1, -0.05) is 17.2 Å². The number of nitrogen functional groups attached to an aromatic ring is 1. The molecule has 1 aromatic carbocycles. The van der Waals surface area contributed by atoms with Crippen molar-refractivity contribution in [3.63, 3.8) is 0 Å². The number of fused-ring (bicyclic) bond motifs is 1. The summed E-state index contributed by atoms with van der Waals surface area (Å²) in [5, 5.41) is 8.70. The van der Waals surface area contributed by atoms with Crippen molar-refractivity contribution in [2.75, 3.05) is 18.8 Å². The average molecular weight is 337 g/mol. The minimum Gasteiger partial charge on any atom is -0.408 e. The summed E-state index contributed by atoms with van der Waals surface area (Å²) < 4.78 is 5.35. The molecule has 0 radical (unpaired) electrons. The van der Waals surface area contributed by atoms with Crippen molar-refractivity contribution in [3.05, 3.63) is 47.5 Å². The van der Waals surface area contributed by atoms with Crippen LogP contribution in [0.15, 0.2) is 34.9 Å². The first-order valence-electron chi connectivity index (χ1n) is 8.36. The highest BCUT2D eigenvalue weighted by Crippen LogP contribution is 2.28. The topological polar surface area (TPSA) is 98.1 Å². The summed E-state index contributed by atoms with van der Waals surface area (Å²) in [4.78, 5) is 19.4. The Labute approximate surface area is 144 Å². The number of carbonyl (C=O) groups is 1. The van der Waals surface area contributed by atoms with Crippen molar-refractivity contribution < 1.29 is 9.21 Å². The molecule has 1 amide bonds. The standard InChI is InChI=1S/C18H19N5O2/c1-11-6-7-14(15-13(11)5-2-8-20-15)17(24)23-9-3-4-12(10-23)16-21-22-18(19)25-16/h2,5-8,12H,3-4,9-10H2,1H3,(H2,19,22). The van der Waals surface area contributed by atoms with Gasteiger partial charge in [0.1, 0.15) is 0 Å². The molecule has 0 bridgehead atoms. The molecule has 7 heteroatoms. The first-order valence-corrected chi connectivity index (χ1v) is 8.36. The van der Waals surface area contributed by atoms with Gasteiger partial charge in [0.2, 0.25) is 5.89 Å². The zero-order valence-corrected chi connectivity index (χ0v) is 14.0. The van der Waals surface area contributed by atoms with Gasteiger partial charge in [-0.15, -0.1) is 5.10 Å². The van der Waals surface area contributed by atoms with Gasteiger partial charge in [0, 0.05) is 24.7 Å². The molecule has 1 unspecified atom stereocenters. The van der Waals surface area contributed by atoms with Crippen LogP contribution in [0.25, 0.3) is 10.9 Å². The third kappa shape index (κ3) is 2.82. The molecule has 2 aromatic heterocycles. The number of aryl methyl sites for hydroxylation is 1. The van der Waals surface area contributed by atoms with E-state index in [2.05, 4.69) is 15.2 Å². The van der Waals surface area contributed by atoms with Crippen LogP contribution < -0.4 is 5.73 Å². The minimum atomic E-state index is -0.0131. The Morgan fingerprint density at radius 1 is 1.32 bits per heavy atom. The summed E-state index contributed by atoms with van der Waals surface area (Å²) in [5.41, 5.74) is 8.01. The molecule has 1 aliphatic heterocycles. The van der Waals surface area contributed by atoms with Crippen LogP contribution in [-0.2, 0) is 0 Å². The van der Waals surface area contributed by atoms with Crippen LogP contribution in [-0.4, -0.2) is 39.1 Å². The second-order valence-corrected chi connectivity index (χ2v) is 6.40. The molecule has 3 heterocycles. The quantitative estimate of drug-likeness (QED) is 0.771. The second-order valence-electron chi connectivity index (χ2n) is 6.40. The number of benzene rings is 1. The SMILES string of the molecule is Cc1ccc(C(=O)N2CCCC(c3nnc(N)o3)C2)c2ncccc12. The summed E-state index contributed by atoms with van der Waals surface area (Å²) >= 11 is 0. The molecule has 25 heavy (non-hydrogen) atoms. The Balaban J connectivity index is 1.64. The number of hydrogen-bond donors (Lipinski definition) is 1. The third-order valence-electron chi connectivity index (χ3n) is 4.73. The van der Waals surface area contributed by atoms with Crippen LogP contribution in [0.1, 0.15) is 40.6 Å². The Kier molecular flexibility index (Phi) is 3.83. The van der Waals surface area contributed by atoms with E-state index in [4.69, 9.17) is 10.2 Å². The molecule has 3 aromatic rings. The molecule has 1 atom stereocenters. The van der Waals surface area contributed by atoms with Gasteiger partial charge in [-0.2, -0.15) is 0 Å². The van der Waals surface area contributed by atoms with Gasteiger partial charge in [-0.3, -0.25) is 9.78 Å². The molecule has 7 nitrogen and oxygen atoms in total. The van der Waals surface area contributed by atoms with E-state index in [-0.39, 0.29) is 17.8 Å². The number of aromatic nitrogens is 3. The molecule has 1 saturated heterocycles. The monoisotopic (exact) mass is 337 g/mol. The fourth-order valence-corrected chi connectivity index (χ4v) is 3.43. The average Bonchev–Trinajstić information content (AvgIpc) is 3.08. The lowest BCUT2D eigenvalue weighted by Crippen LogP contribution is -2.39. The fourth-order valence-electron chi connectivity index (χ4n) is 3.43. The first-order chi connectivity index (χ1) is 12.1. The van der Waals surface area contributed by atoms with Gasteiger partial charge in [0.15, 0.2) is 0 Å². The lowest BCUT2D eigenvalue weighted by Gasteiger charge is -2.31. The highest BCUT2D eigenvalue weighted by Gasteiger charge is 2.29. The molecule has 2 N–H and O–H groups in total. The predicted molar refractivity (Wildman–Crippen MR) is 93.1 cm³/mol. The molecule has 1 fully saturated rings. The van der Waals surface area contributed by atoms with E-state index in [1.165, 1.54) is 0 Å². The van der Waals surface area contributed by atoms with E-state index in [0.717, 1.165) is 29.3 Å². The maximum Gasteiger partial charge on any atom is 0.312 e. The van der Waals surface area contributed by atoms with Crippen molar-refractivity contribution in [1.29, 1.82) is 0 Å². The van der Waals surface area contributed by atoms with Gasteiger partial charge >= 0.3 is 6.01 Å². The van der Waals surface area contributed by atoms with Crippen molar-refractivity contribution in [3.8, 4) is 0 Å². The number of carbonyl (C=O) groups excluding carboxylic acids is 1. The smallest absolute Gasteiger partial charge is 0.312 e. The number of anilines is 1. The number of nitrogens with two attached hydrogens (primary N) is 1. The molecular formula is C18H19N5O2. The summed E-state index contributed by atoms with van der Waals surface area (Å²) in [6.45, 7) is 3.28. The highest BCUT2D eigenvalue weighted by molar-refractivity contribution is 6.06. The Morgan fingerprint density at radius 2 is 2.20 bits per heavy atom.